The first kappa shape index (κ1) is 16.9. The molecule has 0 bridgehead atoms. The Morgan fingerprint density at radius 1 is 1.40 bits per heavy atom. The van der Waals surface area contributed by atoms with Crippen LogP contribution in [0.3, 0.4) is 0 Å². The molecule has 0 aromatic rings. The van der Waals surface area contributed by atoms with Crippen molar-refractivity contribution in [3.63, 3.8) is 0 Å². The summed E-state index contributed by atoms with van der Waals surface area (Å²) in [5.74, 6) is -0.996. The van der Waals surface area contributed by atoms with Crippen molar-refractivity contribution in [1.82, 2.24) is 10.2 Å². The number of likely N-dealkylation sites (tertiary alicyclic amines) is 1. The molecule has 1 rings (SSSR count). The van der Waals surface area contributed by atoms with Gasteiger partial charge in [0.1, 0.15) is 5.60 Å². The highest BCUT2D eigenvalue weighted by Gasteiger charge is 2.25. The van der Waals surface area contributed by atoms with Crippen molar-refractivity contribution in [1.29, 1.82) is 0 Å². The molecule has 1 aliphatic heterocycles. The van der Waals surface area contributed by atoms with Crippen LogP contribution >= 0.6 is 0 Å². The van der Waals surface area contributed by atoms with E-state index in [1.807, 2.05) is 25.7 Å². The van der Waals surface area contributed by atoms with Gasteiger partial charge in [-0.05, 0) is 40.2 Å². The maximum atomic E-state index is 11.5. The van der Waals surface area contributed by atoms with Gasteiger partial charge in [0.25, 0.3) is 0 Å². The Morgan fingerprint density at radius 3 is 2.70 bits per heavy atom. The monoisotopic (exact) mass is 286 g/mol. The Morgan fingerprint density at radius 2 is 2.10 bits per heavy atom. The predicted octanol–water partition coefficient (Wildman–Crippen LogP) is 0.857. The van der Waals surface area contributed by atoms with Crippen LogP contribution in [-0.2, 0) is 14.3 Å². The van der Waals surface area contributed by atoms with Crippen LogP contribution in [0.5, 0.6) is 0 Å². The average Bonchev–Trinajstić information content (AvgIpc) is 2.68. The Hall–Kier alpha value is -1.14. The summed E-state index contributed by atoms with van der Waals surface area (Å²) in [6.45, 7) is 7.76. The molecule has 6 heteroatoms. The topological polar surface area (TPSA) is 78.9 Å². The molecular formula is C14H26N2O4. The number of rotatable bonds is 7. The van der Waals surface area contributed by atoms with Crippen molar-refractivity contribution in [3.8, 4) is 0 Å². The number of carbonyl (C=O) groups excluding carboxylic acids is 1. The molecule has 0 aromatic heterocycles. The molecule has 1 fully saturated rings. The van der Waals surface area contributed by atoms with Crippen molar-refractivity contribution in [3.05, 3.63) is 0 Å². The SMILES string of the molecule is CC(C)(C)OC(=O)CCNCC1CCCN1CC(=O)O. The summed E-state index contributed by atoms with van der Waals surface area (Å²) in [7, 11) is 0. The highest BCUT2D eigenvalue weighted by atomic mass is 16.6. The fraction of sp³-hybridized carbons (Fsp3) is 0.857. The van der Waals surface area contributed by atoms with Gasteiger partial charge in [-0.15, -0.1) is 0 Å². The largest absolute Gasteiger partial charge is 0.480 e. The van der Waals surface area contributed by atoms with Crippen LogP contribution in [0.1, 0.15) is 40.0 Å². The fourth-order valence-electron chi connectivity index (χ4n) is 2.36. The van der Waals surface area contributed by atoms with Gasteiger partial charge in [0.2, 0.25) is 0 Å². The minimum absolute atomic E-state index is 0.0956. The van der Waals surface area contributed by atoms with Gasteiger partial charge in [-0.2, -0.15) is 0 Å². The number of carboxylic acid groups (broad SMARTS) is 1. The predicted molar refractivity (Wildman–Crippen MR) is 75.6 cm³/mol. The molecule has 1 heterocycles. The number of hydrogen-bond donors (Lipinski definition) is 2. The second-order valence-corrected chi connectivity index (χ2v) is 6.20. The molecule has 0 spiro atoms. The molecule has 1 atom stereocenters. The summed E-state index contributed by atoms with van der Waals surface area (Å²) in [4.78, 5) is 24.2. The Labute approximate surface area is 120 Å². The first-order valence-electron chi connectivity index (χ1n) is 7.16. The maximum absolute atomic E-state index is 11.5. The Kier molecular flexibility index (Phi) is 6.42. The van der Waals surface area contributed by atoms with Crippen LogP contribution in [0, 0.1) is 0 Å². The van der Waals surface area contributed by atoms with Crippen molar-refractivity contribution in [2.75, 3.05) is 26.2 Å². The second-order valence-electron chi connectivity index (χ2n) is 6.20. The number of hydrogen-bond acceptors (Lipinski definition) is 5. The third kappa shape index (κ3) is 6.86. The summed E-state index contributed by atoms with van der Waals surface area (Å²) in [6, 6.07) is 0.254. The van der Waals surface area contributed by atoms with Crippen LogP contribution < -0.4 is 5.32 Å². The molecule has 1 saturated heterocycles. The minimum Gasteiger partial charge on any atom is -0.480 e. The number of carbonyl (C=O) groups is 2. The van der Waals surface area contributed by atoms with E-state index in [4.69, 9.17) is 9.84 Å². The highest BCUT2D eigenvalue weighted by molar-refractivity contribution is 5.70. The van der Waals surface area contributed by atoms with E-state index in [0.717, 1.165) is 25.9 Å². The van der Waals surface area contributed by atoms with E-state index in [2.05, 4.69) is 5.32 Å². The molecule has 0 radical (unpaired) electrons. The van der Waals surface area contributed by atoms with E-state index in [0.29, 0.717) is 13.0 Å². The molecule has 2 N–H and O–H groups in total. The third-order valence-corrected chi connectivity index (χ3v) is 3.14. The molecule has 0 aliphatic carbocycles. The summed E-state index contributed by atoms with van der Waals surface area (Å²) in [5.41, 5.74) is -0.444. The number of nitrogens with zero attached hydrogens (tertiary/aromatic N) is 1. The molecule has 0 aromatic carbocycles. The van der Waals surface area contributed by atoms with E-state index in [1.54, 1.807) is 0 Å². The zero-order valence-electron chi connectivity index (χ0n) is 12.6. The zero-order chi connectivity index (χ0) is 15.2. The molecule has 20 heavy (non-hydrogen) atoms. The lowest BCUT2D eigenvalue weighted by Crippen LogP contribution is -2.41. The van der Waals surface area contributed by atoms with E-state index in [9.17, 15) is 9.59 Å². The van der Waals surface area contributed by atoms with E-state index in [-0.39, 0.29) is 18.6 Å². The van der Waals surface area contributed by atoms with Crippen molar-refractivity contribution in [2.24, 2.45) is 0 Å². The minimum atomic E-state index is -0.786. The quantitative estimate of drug-likeness (QED) is 0.534. The van der Waals surface area contributed by atoms with Gasteiger partial charge >= 0.3 is 11.9 Å². The van der Waals surface area contributed by atoms with Crippen LogP contribution in [0.15, 0.2) is 0 Å². The van der Waals surface area contributed by atoms with Gasteiger partial charge in [-0.3, -0.25) is 14.5 Å². The van der Waals surface area contributed by atoms with Crippen LogP contribution in [0.25, 0.3) is 0 Å². The molecule has 116 valence electrons. The van der Waals surface area contributed by atoms with E-state index < -0.39 is 11.6 Å². The Bertz CT molecular complexity index is 339. The average molecular weight is 286 g/mol. The van der Waals surface area contributed by atoms with Crippen LogP contribution in [0.2, 0.25) is 0 Å². The lowest BCUT2D eigenvalue weighted by Gasteiger charge is -2.23. The van der Waals surface area contributed by atoms with E-state index >= 15 is 0 Å². The van der Waals surface area contributed by atoms with Crippen LogP contribution in [-0.4, -0.2) is 59.8 Å². The fourth-order valence-corrected chi connectivity index (χ4v) is 2.36. The second kappa shape index (κ2) is 7.59. The summed E-state index contributed by atoms with van der Waals surface area (Å²) >= 11 is 0. The van der Waals surface area contributed by atoms with Crippen molar-refractivity contribution < 1.29 is 19.4 Å². The van der Waals surface area contributed by atoms with Crippen molar-refractivity contribution in [2.45, 2.75) is 51.7 Å². The highest BCUT2D eigenvalue weighted by Crippen LogP contribution is 2.15. The number of esters is 1. The van der Waals surface area contributed by atoms with Crippen LogP contribution in [0.4, 0.5) is 0 Å². The molecule has 6 nitrogen and oxygen atoms in total. The number of ether oxygens (including phenoxy) is 1. The van der Waals surface area contributed by atoms with Gasteiger partial charge in [-0.1, -0.05) is 0 Å². The van der Waals surface area contributed by atoms with Gasteiger partial charge in [0, 0.05) is 19.1 Å². The molecule has 0 amide bonds. The summed E-state index contributed by atoms with van der Waals surface area (Å²) in [5, 5.41) is 12.0. The lowest BCUT2D eigenvalue weighted by molar-refractivity contribution is -0.154. The molecular weight excluding hydrogens is 260 g/mol. The number of nitrogens with one attached hydrogen (secondary N) is 1. The summed E-state index contributed by atoms with van der Waals surface area (Å²) < 4.78 is 5.22. The maximum Gasteiger partial charge on any atom is 0.317 e. The first-order chi connectivity index (χ1) is 9.28. The standard InChI is InChI=1S/C14H26N2O4/c1-14(2,3)20-13(19)6-7-15-9-11-5-4-8-16(11)10-12(17)18/h11,15H,4-10H2,1-3H3,(H,17,18). The smallest absolute Gasteiger partial charge is 0.317 e. The summed E-state index contributed by atoms with van der Waals surface area (Å²) in [6.07, 6.45) is 2.38. The van der Waals surface area contributed by atoms with Gasteiger partial charge in [0.05, 0.1) is 13.0 Å². The van der Waals surface area contributed by atoms with E-state index in [1.165, 1.54) is 0 Å². The van der Waals surface area contributed by atoms with Crippen molar-refractivity contribution >= 4 is 11.9 Å². The molecule has 1 aliphatic rings. The number of carboxylic acids is 1. The normalized spacial score (nSPS) is 20.1. The first-order valence-corrected chi connectivity index (χ1v) is 7.16. The number of aliphatic carboxylic acids is 1. The molecule has 1 unspecified atom stereocenters. The van der Waals surface area contributed by atoms with Gasteiger partial charge in [0.15, 0.2) is 0 Å². The third-order valence-electron chi connectivity index (χ3n) is 3.14. The Balaban J connectivity index is 2.17. The van der Waals surface area contributed by atoms with Gasteiger partial charge < -0.3 is 15.2 Å². The lowest BCUT2D eigenvalue weighted by atomic mass is 10.2. The zero-order valence-corrected chi connectivity index (χ0v) is 12.6. The van der Waals surface area contributed by atoms with Gasteiger partial charge in [-0.25, -0.2) is 0 Å². The molecule has 0 saturated carbocycles.